The van der Waals surface area contributed by atoms with Gasteiger partial charge < -0.3 is 10.6 Å². The van der Waals surface area contributed by atoms with E-state index in [-0.39, 0.29) is 34.1 Å². The lowest BCUT2D eigenvalue weighted by atomic mass is 9.92. The number of alkyl halides is 3. The average molecular weight is 574 g/mol. The minimum Gasteiger partial charge on any atom is -0.341 e. The Morgan fingerprint density at radius 1 is 1.00 bits per heavy atom. The standard InChI is InChI=1S/C29H15F5N6O2/c30-18-3-1-2-14(7-18)26-25-21(28(42)39-26)9-15(20-4-5-24-36-13-37-40(24)23(20)12-35)10-22(25)38-27(41)16-6-17(29(32,33)34)11-19(31)8-16/h1-11,13,26H,(H,38,41)(H,39,42). The summed E-state index contributed by atoms with van der Waals surface area (Å²) in [6.45, 7) is 0. The van der Waals surface area contributed by atoms with Crippen LogP contribution in [0, 0.1) is 23.0 Å². The minimum absolute atomic E-state index is 0.0273. The van der Waals surface area contributed by atoms with Crippen LogP contribution in [-0.2, 0) is 6.18 Å². The molecule has 0 aliphatic carbocycles. The van der Waals surface area contributed by atoms with Crippen LogP contribution in [0.15, 0.2) is 73.1 Å². The quantitative estimate of drug-likeness (QED) is 0.270. The molecule has 3 aromatic carbocycles. The van der Waals surface area contributed by atoms with Crippen LogP contribution in [0.1, 0.15) is 49.1 Å². The van der Waals surface area contributed by atoms with Crippen molar-refractivity contribution in [3.05, 3.63) is 118 Å². The predicted molar refractivity (Wildman–Crippen MR) is 138 cm³/mol. The Balaban J connectivity index is 1.53. The fourth-order valence-corrected chi connectivity index (χ4v) is 4.93. The highest BCUT2D eigenvalue weighted by atomic mass is 19.4. The van der Waals surface area contributed by atoms with E-state index in [1.807, 2.05) is 6.07 Å². The van der Waals surface area contributed by atoms with Crippen molar-refractivity contribution in [1.29, 1.82) is 5.26 Å². The molecule has 208 valence electrons. The number of aromatic nitrogens is 3. The summed E-state index contributed by atoms with van der Waals surface area (Å²) in [6.07, 6.45) is -3.66. The number of anilines is 1. The predicted octanol–water partition coefficient (Wildman–Crippen LogP) is 5.65. The zero-order valence-electron chi connectivity index (χ0n) is 21.0. The van der Waals surface area contributed by atoms with Crippen LogP contribution in [-0.4, -0.2) is 26.4 Å². The second-order valence-electron chi connectivity index (χ2n) is 9.36. The van der Waals surface area contributed by atoms with E-state index < -0.39 is 46.8 Å². The van der Waals surface area contributed by atoms with Crippen molar-refractivity contribution in [1.82, 2.24) is 19.9 Å². The number of rotatable bonds is 4. The molecule has 2 N–H and O–H groups in total. The first kappa shape index (κ1) is 26.6. The van der Waals surface area contributed by atoms with Gasteiger partial charge in [-0.25, -0.2) is 18.3 Å². The summed E-state index contributed by atoms with van der Waals surface area (Å²) in [5.74, 6) is -3.54. The van der Waals surface area contributed by atoms with Gasteiger partial charge in [0.15, 0.2) is 11.3 Å². The number of halogens is 5. The molecular formula is C29H15F5N6O2. The number of carbonyl (C=O) groups is 2. The first-order valence-corrected chi connectivity index (χ1v) is 12.2. The van der Waals surface area contributed by atoms with Gasteiger partial charge in [0.05, 0.1) is 11.6 Å². The number of nitrogens with zero attached hydrogens (tertiary/aromatic N) is 4. The van der Waals surface area contributed by atoms with Gasteiger partial charge in [0.1, 0.15) is 24.0 Å². The summed E-state index contributed by atoms with van der Waals surface area (Å²) in [4.78, 5) is 30.5. The Hall–Kier alpha value is -5.64. The molecule has 3 heterocycles. The second-order valence-corrected chi connectivity index (χ2v) is 9.36. The van der Waals surface area contributed by atoms with Gasteiger partial charge in [-0.2, -0.15) is 23.5 Å². The Kier molecular flexibility index (Phi) is 6.18. The molecule has 2 aromatic heterocycles. The van der Waals surface area contributed by atoms with Crippen LogP contribution in [0.4, 0.5) is 27.6 Å². The lowest BCUT2D eigenvalue weighted by Gasteiger charge is -2.19. The molecule has 0 bridgehead atoms. The van der Waals surface area contributed by atoms with E-state index in [2.05, 4.69) is 20.7 Å². The van der Waals surface area contributed by atoms with E-state index in [1.54, 1.807) is 18.2 Å². The summed E-state index contributed by atoms with van der Waals surface area (Å²) < 4.78 is 69.5. The van der Waals surface area contributed by atoms with E-state index in [1.165, 1.54) is 41.2 Å². The SMILES string of the molecule is N#Cc1c(-c2cc(NC(=O)c3cc(F)cc(C(F)(F)F)c3)c3c(c2)C(=O)NC3c2cccc(F)c2)ccc2ncnn12. The number of carbonyl (C=O) groups excluding carboxylic acids is 2. The molecule has 42 heavy (non-hydrogen) atoms. The summed E-state index contributed by atoms with van der Waals surface area (Å²) in [5, 5.41) is 19.2. The summed E-state index contributed by atoms with van der Waals surface area (Å²) in [5.41, 5.74) is -0.390. The van der Waals surface area contributed by atoms with Crippen molar-refractivity contribution in [2.75, 3.05) is 5.32 Å². The van der Waals surface area contributed by atoms with Gasteiger partial charge in [0.2, 0.25) is 0 Å². The maximum absolute atomic E-state index is 14.1. The molecule has 0 radical (unpaired) electrons. The Morgan fingerprint density at radius 2 is 1.81 bits per heavy atom. The highest BCUT2D eigenvalue weighted by Crippen LogP contribution is 2.41. The monoisotopic (exact) mass is 574 g/mol. The Morgan fingerprint density at radius 3 is 2.55 bits per heavy atom. The number of hydrogen-bond donors (Lipinski definition) is 2. The molecule has 1 aliphatic rings. The van der Waals surface area contributed by atoms with Crippen molar-refractivity contribution in [3.63, 3.8) is 0 Å². The molecule has 6 rings (SSSR count). The highest BCUT2D eigenvalue weighted by molar-refractivity contribution is 6.09. The summed E-state index contributed by atoms with van der Waals surface area (Å²) in [6, 6.07) is 13.9. The Labute approximate surface area is 233 Å². The van der Waals surface area contributed by atoms with Gasteiger partial charge >= 0.3 is 6.18 Å². The molecule has 0 fully saturated rings. The first-order chi connectivity index (χ1) is 20.0. The van der Waals surface area contributed by atoms with Crippen molar-refractivity contribution in [2.24, 2.45) is 0 Å². The lowest BCUT2D eigenvalue weighted by molar-refractivity contribution is -0.137. The van der Waals surface area contributed by atoms with Gasteiger partial charge in [-0.05, 0) is 65.7 Å². The molecule has 1 unspecified atom stereocenters. The maximum Gasteiger partial charge on any atom is 0.416 e. The number of fused-ring (bicyclic) bond motifs is 2. The number of pyridine rings is 1. The van der Waals surface area contributed by atoms with E-state index in [4.69, 9.17) is 0 Å². The molecule has 0 saturated heterocycles. The van der Waals surface area contributed by atoms with Crippen LogP contribution in [0.25, 0.3) is 16.8 Å². The molecule has 0 saturated carbocycles. The molecule has 5 aromatic rings. The van der Waals surface area contributed by atoms with Crippen LogP contribution in [0.2, 0.25) is 0 Å². The van der Waals surface area contributed by atoms with E-state index in [9.17, 15) is 36.8 Å². The summed E-state index contributed by atoms with van der Waals surface area (Å²) in [7, 11) is 0. The second kappa shape index (κ2) is 9.77. The van der Waals surface area contributed by atoms with E-state index in [0.29, 0.717) is 28.9 Å². The largest absolute Gasteiger partial charge is 0.416 e. The summed E-state index contributed by atoms with van der Waals surface area (Å²) >= 11 is 0. The number of nitriles is 1. The minimum atomic E-state index is -4.91. The van der Waals surface area contributed by atoms with Gasteiger partial charge in [0, 0.05) is 27.9 Å². The fourth-order valence-electron chi connectivity index (χ4n) is 4.93. The van der Waals surface area contributed by atoms with E-state index >= 15 is 0 Å². The third-order valence-corrected chi connectivity index (χ3v) is 6.76. The number of nitrogens with one attached hydrogen (secondary N) is 2. The van der Waals surface area contributed by atoms with Crippen LogP contribution < -0.4 is 10.6 Å². The molecule has 1 atom stereocenters. The maximum atomic E-state index is 14.1. The van der Waals surface area contributed by atoms with Gasteiger partial charge in [-0.15, -0.1) is 0 Å². The normalized spacial score (nSPS) is 14.4. The third kappa shape index (κ3) is 4.58. The number of benzene rings is 3. The van der Waals surface area contributed by atoms with Gasteiger partial charge in [-0.3, -0.25) is 9.59 Å². The fraction of sp³-hybridized carbons (Fsp3) is 0.0690. The van der Waals surface area contributed by atoms with Crippen molar-refractivity contribution in [2.45, 2.75) is 12.2 Å². The molecule has 8 nitrogen and oxygen atoms in total. The van der Waals surface area contributed by atoms with E-state index in [0.717, 1.165) is 0 Å². The smallest absolute Gasteiger partial charge is 0.341 e. The zero-order chi connectivity index (χ0) is 29.8. The topological polar surface area (TPSA) is 112 Å². The molecule has 2 amide bonds. The molecule has 0 spiro atoms. The van der Waals surface area contributed by atoms with Gasteiger partial charge in [0.25, 0.3) is 11.8 Å². The van der Waals surface area contributed by atoms with Crippen LogP contribution >= 0.6 is 0 Å². The van der Waals surface area contributed by atoms with Crippen molar-refractivity contribution < 1.29 is 31.5 Å². The van der Waals surface area contributed by atoms with Crippen LogP contribution in [0.3, 0.4) is 0 Å². The third-order valence-electron chi connectivity index (χ3n) is 6.76. The number of hydrogen-bond acceptors (Lipinski definition) is 5. The molecule has 1 aliphatic heterocycles. The van der Waals surface area contributed by atoms with Crippen molar-refractivity contribution >= 4 is 23.1 Å². The van der Waals surface area contributed by atoms with Gasteiger partial charge in [-0.1, -0.05) is 12.1 Å². The molecular weight excluding hydrogens is 559 g/mol. The van der Waals surface area contributed by atoms with Crippen LogP contribution in [0.5, 0.6) is 0 Å². The highest BCUT2D eigenvalue weighted by Gasteiger charge is 2.35. The Bertz CT molecular complexity index is 1980. The lowest BCUT2D eigenvalue weighted by Crippen LogP contribution is -2.21. The van der Waals surface area contributed by atoms with Crippen molar-refractivity contribution in [3.8, 4) is 17.2 Å². The molecule has 13 heteroatoms. The zero-order valence-corrected chi connectivity index (χ0v) is 21.0. The number of amides is 2. The first-order valence-electron chi connectivity index (χ1n) is 12.2. The average Bonchev–Trinajstić information content (AvgIpc) is 3.56.